The van der Waals surface area contributed by atoms with Crippen LogP contribution in [-0.4, -0.2) is 37.0 Å². The SMILES string of the molecule is CC/C=C\C/C=C\C/C=C\C/C=C\C/C=C\CCCCCCCCCCCC(=O)OC(CO)COCCCCCCCCCC/C=C\C/C=C\CCCCC. The van der Waals surface area contributed by atoms with Crippen LogP contribution in [0.3, 0.4) is 0 Å². The summed E-state index contributed by atoms with van der Waals surface area (Å²) in [6, 6.07) is 0. The van der Waals surface area contributed by atoms with Crippen LogP contribution in [0.5, 0.6) is 0 Å². The summed E-state index contributed by atoms with van der Waals surface area (Å²) >= 11 is 0. The van der Waals surface area contributed by atoms with E-state index < -0.39 is 6.10 Å². The van der Waals surface area contributed by atoms with Gasteiger partial charge >= 0.3 is 5.97 Å². The van der Waals surface area contributed by atoms with Gasteiger partial charge in [-0.25, -0.2) is 0 Å². The first-order valence-electron chi connectivity index (χ1n) is 23.2. The molecule has 0 amide bonds. The summed E-state index contributed by atoms with van der Waals surface area (Å²) in [7, 11) is 0. The van der Waals surface area contributed by atoms with Crippen molar-refractivity contribution in [2.75, 3.05) is 19.8 Å². The minimum atomic E-state index is -0.546. The number of rotatable bonds is 42. The zero-order chi connectivity index (χ0) is 39.8. The van der Waals surface area contributed by atoms with Gasteiger partial charge in [0.1, 0.15) is 6.10 Å². The van der Waals surface area contributed by atoms with E-state index in [0.29, 0.717) is 13.0 Å². The molecule has 0 rings (SSSR count). The standard InChI is InChI=1S/C51H88O4/c1-3-5-7-9-11-13-15-17-19-21-23-24-25-26-27-28-29-30-32-34-36-38-40-42-44-46-51(53)55-50(48-52)49-54-47-45-43-41-39-37-35-33-31-22-20-18-16-14-12-10-8-6-4-2/h5,7,11-14,17-20,23-24,26-27,50,52H,3-4,6,8-10,15-16,21-22,25,28-49H2,1-2H3/b7-5-,13-11-,14-12-,19-17-,20-18-,24-23-,27-26-. The molecule has 0 aliphatic carbocycles. The lowest BCUT2D eigenvalue weighted by molar-refractivity contribution is -0.154. The molecular formula is C51H88O4. The van der Waals surface area contributed by atoms with Gasteiger partial charge in [-0.05, 0) is 89.9 Å². The van der Waals surface area contributed by atoms with Gasteiger partial charge in [-0.1, -0.05) is 195 Å². The minimum Gasteiger partial charge on any atom is -0.457 e. The Morgan fingerprint density at radius 1 is 0.455 bits per heavy atom. The highest BCUT2D eigenvalue weighted by Crippen LogP contribution is 2.13. The summed E-state index contributed by atoms with van der Waals surface area (Å²) in [5.74, 6) is -0.212. The third-order valence-corrected chi connectivity index (χ3v) is 9.70. The summed E-state index contributed by atoms with van der Waals surface area (Å²) in [6.45, 7) is 5.19. The number of hydrogen-bond donors (Lipinski definition) is 1. The molecule has 0 saturated heterocycles. The fraction of sp³-hybridized carbons (Fsp3) is 0.706. The number of esters is 1. The Morgan fingerprint density at radius 3 is 1.24 bits per heavy atom. The van der Waals surface area contributed by atoms with Gasteiger partial charge in [-0.2, -0.15) is 0 Å². The molecule has 1 N–H and O–H groups in total. The van der Waals surface area contributed by atoms with Gasteiger partial charge in [0.2, 0.25) is 0 Å². The number of carbonyl (C=O) groups excluding carboxylic acids is 1. The lowest BCUT2D eigenvalue weighted by atomic mass is 10.1. The Hall–Kier alpha value is -2.43. The summed E-state index contributed by atoms with van der Waals surface area (Å²) < 4.78 is 11.2. The van der Waals surface area contributed by atoms with Crippen molar-refractivity contribution in [3.63, 3.8) is 0 Å². The molecule has 0 fully saturated rings. The van der Waals surface area contributed by atoms with E-state index in [1.54, 1.807) is 0 Å². The van der Waals surface area contributed by atoms with Gasteiger partial charge < -0.3 is 14.6 Å². The van der Waals surface area contributed by atoms with E-state index in [4.69, 9.17) is 9.47 Å². The maximum Gasteiger partial charge on any atom is 0.306 e. The first kappa shape index (κ1) is 52.6. The molecule has 4 nitrogen and oxygen atoms in total. The summed E-state index contributed by atoms with van der Waals surface area (Å²) in [6.07, 6.45) is 66.5. The van der Waals surface area contributed by atoms with Gasteiger partial charge in [0.05, 0.1) is 13.2 Å². The van der Waals surface area contributed by atoms with E-state index in [0.717, 1.165) is 57.8 Å². The number of hydrogen-bond acceptors (Lipinski definition) is 4. The topological polar surface area (TPSA) is 55.8 Å². The predicted molar refractivity (Wildman–Crippen MR) is 242 cm³/mol. The molecule has 0 spiro atoms. The van der Waals surface area contributed by atoms with Crippen molar-refractivity contribution in [3.05, 3.63) is 85.1 Å². The molecule has 1 unspecified atom stereocenters. The Balaban J connectivity index is 3.48. The molecule has 55 heavy (non-hydrogen) atoms. The second-order valence-corrected chi connectivity index (χ2v) is 15.1. The zero-order valence-corrected chi connectivity index (χ0v) is 36.2. The van der Waals surface area contributed by atoms with Gasteiger partial charge in [0.15, 0.2) is 0 Å². The van der Waals surface area contributed by atoms with Crippen LogP contribution < -0.4 is 0 Å². The van der Waals surface area contributed by atoms with Crippen molar-refractivity contribution in [3.8, 4) is 0 Å². The normalized spacial score (nSPS) is 13.1. The van der Waals surface area contributed by atoms with Crippen molar-refractivity contribution in [1.82, 2.24) is 0 Å². The lowest BCUT2D eigenvalue weighted by Crippen LogP contribution is -2.27. The minimum absolute atomic E-state index is 0.181. The molecule has 0 saturated carbocycles. The van der Waals surface area contributed by atoms with Crippen LogP contribution in [0.25, 0.3) is 0 Å². The summed E-state index contributed by atoms with van der Waals surface area (Å²) in [4.78, 5) is 12.2. The van der Waals surface area contributed by atoms with Crippen LogP contribution in [0.15, 0.2) is 85.1 Å². The van der Waals surface area contributed by atoms with Crippen molar-refractivity contribution in [2.24, 2.45) is 0 Å². The fourth-order valence-electron chi connectivity index (χ4n) is 6.27. The van der Waals surface area contributed by atoms with E-state index in [2.05, 4.69) is 98.9 Å². The molecule has 0 bridgehead atoms. The molecule has 1 atom stereocenters. The molecule has 0 aromatic carbocycles. The number of aliphatic hydroxyl groups excluding tert-OH is 1. The van der Waals surface area contributed by atoms with Crippen LogP contribution >= 0.6 is 0 Å². The number of allylic oxidation sites excluding steroid dienone is 14. The molecule has 0 aliphatic heterocycles. The van der Waals surface area contributed by atoms with Gasteiger partial charge in [0, 0.05) is 13.0 Å². The lowest BCUT2D eigenvalue weighted by Gasteiger charge is -2.16. The third-order valence-electron chi connectivity index (χ3n) is 9.70. The Labute approximate surface area is 341 Å². The van der Waals surface area contributed by atoms with E-state index in [9.17, 15) is 9.90 Å². The third kappa shape index (κ3) is 45.9. The van der Waals surface area contributed by atoms with Gasteiger partial charge in [-0.15, -0.1) is 0 Å². The molecular weight excluding hydrogens is 677 g/mol. The average Bonchev–Trinajstić information content (AvgIpc) is 3.19. The van der Waals surface area contributed by atoms with Crippen LogP contribution in [0.1, 0.15) is 206 Å². The number of ether oxygens (including phenoxy) is 2. The monoisotopic (exact) mass is 765 g/mol. The summed E-state index contributed by atoms with van der Waals surface area (Å²) in [5.41, 5.74) is 0. The fourth-order valence-corrected chi connectivity index (χ4v) is 6.27. The van der Waals surface area contributed by atoms with Crippen LogP contribution in [0, 0.1) is 0 Å². The second kappa shape index (κ2) is 47.7. The van der Waals surface area contributed by atoms with Crippen LogP contribution in [0.2, 0.25) is 0 Å². The number of unbranched alkanes of at least 4 members (excludes halogenated alkanes) is 20. The maximum atomic E-state index is 12.2. The quantitative estimate of drug-likeness (QED) is 0.0382. The number of aliphatic hydroxyl groups is 1. The zero-order valence-electron chi connectivity index (χ0n) is 36.2. The maximum absolute atomic E-state index is 12.2. The average molecular weight is 765 g/mol. The molecule has 0 aromatic rings. The molecule has 0 aliphatic rings. The summed E-state index contributed by atoms with van der Waals surface area (Å²) in [5, 5.41) is 9.63. The number of carbonyl (C=O) groups is 1. The van der Waals surface area contributed by atoms with Crippen molar-refractivity contribution in [1.29, 1.82) is 0 Å². The smallest absolute Gasteiger partial charge is 0.306 e. The Morgan fingerprint density at radius 2 is 0.818 bits per heavy atom. The van der Waals surface area contributed by atoms with E-state index >= 15 is 0 Å². The van der Waals surface area contributed by atoms with Crippen molar-refractivity contribution in [2.45, 2.75) is 213 Å². The van der Waals surface area contributed by atoms with E-state index in [1.807, 2.05) is 0 Å². The van der Waals surface area contributed by atoms with E-state index in [-0.39, 0.29) is 19.2 Å². The first-order chi connectivity index (χ1) is 27.2. The molecule has 316 valence electrons. The Kier molecular flexibility index (Phi) is 45.6. The molecule has 0 aromatic heterocycles. The van der Waals surface area contributed by atoms with Crippen LogP contribution in [-0.2, 0) is 14.3 Å². The van der Waals surface area contributed by atoms with Crippen LogP contribution in [0.4, 0.5) is 0 Å². The first-order valence-corrected chi connectivity index (χ1v) is 23.2. The van der Waals surface area contributed by atoms with Gasteiger partial charge in [0.25, 0.3) is 0 Å². The molecule has 4 heteroatoms. The Bertz CT molecular complexity index is 985. The highest BCUT2D eigenvalue weighted by Gasteiger charge is 2.13. The highest BCUT2D eigenvalue weighted by molar-refractivity contribution is 5.69. The molecule has 0 heterocycles. The van der Waals surface area contributed by atoms with E-state index in [1.165, 1.54) is 128 Å². The predicted octanol–water partition coefficient (Wildman–Crippen LogP) is 15.5. The highest BCUT2D eigenvalue weighted by atomic mass is 16.6. The van der Waals surface area contributed by atoms with Crippen molar-refractivity contribution < 1.29 is 19.4 Å². The largest absolute Gasteiger partial charge is 0.457 e. The van der Waals surface area contributed by atoms with Gasteiger partial charge in [-0.3, -0.25) is 4.79 Å². The second-order valence-electron chi connectivity index (χ2n) is 15.1. The molecule has 0 radical (unpaired) electrons. The van der Waals surface area contributed by atoms with Crippen molar-refractivity contribution >= 4 is 5.97 Å².